The Hall–Kier alpha value is -2.62. The summed E-state index contributed by atoms with van der Waals surface area (Å²) in [5.74, 6) is -0.0130. The molecule has 0 aliphatic rings. The summed E-state index contributed by atoms with van der Waals surface area (Å²) in [4.78, 5) is 23.1. The summed E-state index contributed by atoms with van der Waals surface area (Å²) in [7, 11) is 1.56. The van der Waals surface area contributed by atoms with Crippen molar-refractivity contribution >= 4 is 5.97 Å². The average molecular weight is 376 g/mol. The molecule has 1 unspecified atom stereocenters. The van der Waals surface area contributed by atoms with Crippen LogP contribution < -0.4 is 9.47 Å². The molecule has 0 heterocycles. The van der Waals surface area contributed by atoms with Gasteiger partial charge in [0.1, 0.15) is 11.5 Å². The van der Waals surface area contributed by atoms with Crippen molar-refractivity contribution in [1.29, 1.82) is 5.26 Å². The number of nitro groups is 1. The Balaban J connectivity index is 3.54. The van der Waals surface area contributed by atoms with E-state index in [2.05, 4.69) is 0 Å². The van der Waals surface area contributed by atoms with Gasteiger partial charge in [-0.1, -0.05) is 41.5 Å². The number of rotatable bonds is 6. The van der Waals surface area contributed by atoms with E-state index in [1.165, 1.54) is 0 Å². The normalized spacial score (nSPS) is 12.8. The van der Waals surface area contributed by atoms with Gasteiger partial charge in [-0.2, -0.15) is 5.26 Å². The maximum absolute atomic E-state index is 12.6. The lowest BCUT2D eigenvalue weighted by Crippen LogP contribution is -2.34. The number of carbonyl (C=O) groups excluding carboxylic acids is 1. The first-order chi connectivity index (χ1) is 12.3. The largest absolute Gasteiger partial charge is 0.497 e. The minimum absolute atomic E-state index is 0.0956. The van der Waals surface area contributed by atoms with Crippen LogP contribution in [-0.4, -0.2) is 24.0 Å². The second-order valence-electron chi connectivity index (χ2n) is 8.47. The van der Waals surface area contributed by atoms with Crippen LogP contribution >= 0.6 is 0 Å². The lowest BCUT2D eigenvalue weighted by molar-refractivity contribution is -0.510. The smallest absolute Gasteiger partial charge is 0.387 e. The van der Waals surface area contributed by atoms with Crippen LogP contribution in [0.5, 0.6) is 11.5 Å². The molecule has 0 fully saturated rings. The highest BCUT2D eigenvalue weighted by molar-refractivity contribution is 5.78. The van der Waals surface area contributed by atoms with E-state index in [0.29, 0.717) is 11.5 Å². The Morgan fingerprint density at radius 3 is 2.00 bits per heavy atom. The maximum Gasteiger partial charge on any atom is 0.387 e. The molecule has 7 heteroatoms. The zero-order valence-corrected chi connectivity index (χ0v) is 17.1. The van der Waals surface area contributed by atoms with Gasteiger partial charge in [-0.25, -0.2) is 4.79 Å². The molecule has 1 aromatic carbocycles. The summed E-state index contributed by atoms with van der Waals surface area (Å²) in [6.45, 7) is 11.8. The van der Waals surface area contributed by atoms with Crippen molar-refractivity contribution in [3.05, 3.63) is 33.4 Å². The SMILES string of the molecule is COc1cc(C(C)(C)C)c(OC(=O)C(CCC#N)[N+](=O)[O-])c(C(C)(C)C)c1. The summed E-state index contributed by atoms with van der Waals surface area (Å²) in [6.07, 6.45) is -0.282. The number of esters is 1. The first-order valence-corrected chi connectivity index (χ1v) is 8.78. The predicted octanol–water partition coefficient (Wildman–Crippen LogP) is 4.14. The number of hydrogen-bond donors (Lipinski definition) is 0. The van der Waals surface area contributed by atoms with Crippen molar-refractivity contribution in [2.24, 2.45) is 0 Å². The monoisotopic (exact) mass is 376 g/mol. The lowest BCUT2D eigenvalue weighted by Gasteiger charge is -2.29. The lowest BCUT2D eigenvalue weighted by atomic mass is 9.79. The zero-order chi connectivity index (χ0) is 21.0. The molecule has 0 aromatic heterocycles. The fourth-order valence-corrected chi connectivity index (χ4v) is 2.62. The molecule has 148 valence electrons. The second-order valence-corrected chi connectivity index (χ2v) is 8.47. The summed E-state index contributed by atoms with van der Waals surface area (Å²) in [6, 6.07) is 3.82. The van der Waals surface area contributed by atoms with Crippen molar-refractivity contribution in [2.75, 3.05) is 7.11 Å². The van der Waals surface area contributed by atoms with Gasteiger partial charge in [0.25, 0.3) is 0 Å². The van der Waals surface area contributed by atoms with Crippen LogP contribution in [0.1, 0.15) is 65.5 Å². The number of ether oxygens (including phenoxy) is 2. The molecule has 1 rings (SSSR count). The third kappa shape index (κ3) is 5.68. The van der Waals surface area contributed by atoms with E-state index < -0.39 is 16.9 Å². The average Bonchev–Trinajstić information content (AvgIpc) is 2.52. The number of carbonyl (C=O) groups is 1. The van der Waals surface area contributed by atoms with Gasteiger partial charge in [-0.15, -0.1) is 0 Å². The van der Waals surface area contributed by atoms with Crippen molar-refractivity contribution in [3.63, 3.8) is 0 Å². The van der Waals surface area contributed by atoms with Crippen LogP contribution in [0.4, 0.5) is 0 Å². The van der Waals surface area contributed by atoms with E-state index in [-0.39, 0.29) is 23.7 Å². The molecule has 27 heavy (non-hydrogen) atoms. The minimum atomic E-state index is -1.58. The first kappa shape index (κ1) is 22.4. The van der Waals surface area contributed by atoms with Gasteiger partial charge in [-0.05, 0) is 23.0 Å². The summed E-state index contributed by atoms with van der Waals surface area (Å²) in [5, 5.41) is 20.0. The van der Waals surface area contributed by atoms with E-state index in [0.717, 1.165) is 11.1 Å². The summed E-state index contributed by atoms with van der Waals surface area (Å²) >= 11 is 0. The Morgan fingerprint density at radius 2 is 1.67 bits per heavy atom. The highest BCUT2D eigenvalue weighted by atomic mass is 16.6. The number of nitrogens with zero attached hydrogens (tertiary/aromatic N) is 2. The molecule has 0 aliphatic heterocycles. The molecule has 0 saturated carbocycles. The molecule has 0 amide bonds. The standard InChI is InChI=1S/C20H28N2O5/c1-19(2,3)14-11-13(26-7)12-15(20(4,5)6)17(14)27-18(23)16(22(24)25)9-8-10-21/h11-12,16H,8-9H2,1-7H3. The number of methoxy groups -OCH3 is 1. The highest BCUT2D eigenvalue weighted by Gasteiger charge is 2.35. The van der Waals surface area contributed by atoms with Crippen LogP contribution in [0.3, 0.4) is 0 Å². The fourth-order valence-electron chi connectivity index (χ4n) is 2.62. The zero-order valence-electron chi connectivity index (χ0n) is 17.1. The van der Waals surface area contributed by atoms with Crippen LogP contribution in [-0.2, 0) is 15.6 Å². The molecule has 0 spiro atoms. The summed E-state index contributed by atoms with van der Waals surface area (Å²) in [5.41, 5.74) is 0.673. The molecular weight excluding hydrogens is 348 g/mol. The predicted molar refractivity (Wildman–Crippen MR) is 102 cm³/mol. The van der Waals surface area contributed by atoms with Gasteiger partial charge in [0.15, 0.2) is 0 Å². The molecule has 1 atom stereocenters. The number of hydrogen-bond acceptors (Lipinski definition) is 6. The molecule has 0 saturated heterocycles. The van der Waals surface area contributed by atoms with Crippen LogP contribution in [0.25, 0.3) is 0 Å². The molecule has 7 nitrogen and oxygen atoms in total. The summed E-state index contributed by atoms with van der Waals surface area (Å²) < 4.78 is 11.0. The van der Waals surface area contributed by atoms with Gasteiger partial charge in [-0.3, -0.25) is 10.1 Å². The quantitative estimate of drug-likeness (QED) is 0.320. The van der Waals surface area contributed by atoms with E-state index in [9.17, 15) is 14.9 Å². The number of benzene rings is 1. The Bertz CT molecular complexity index is 716. The minimum Gasteiger partial charge on any atom is -0.497 e. The van der Waals surface area contributed by atoms with Gasteiger partial charge in [0, 0.05) is 28.9 Å². The van der Waals surface area contributed by atoms with Crippen molar-refractivity contribution in [1.82, 2.24) is 0 Å². The molecule has 0 bridgehead atoms. The van der Waals surface area contributed by atoms with Crippen molar-refractivity contribution in [3.8, 4) is 17.6 Å². The van der Waals surface area contributed by atoms with Crippen molar-refractivity contribution in [2.45, 2.75) is 71.3 Å². The van der Waals surface area contributed by atoms with E-state index in [1.807, 2.05) is 47.6 Å². The Kier molecular flexibility index (Phi) is 6.96. The maximum atomic E-state index is 12.6. The number of nitriles is 1. The van der Waals surface area contributed by atoms with Gasteiger partial charge < -0.3 is 9.47 Å². The third-order valence-electron chi connectivity index (χ3n) is 4.17. The van der Waals surface area contributed by atoms with Crippen molar-refractivity contribution < 1.29 is 19.2 Å². The molecular formula is C20H28N2O5. The molecule has 0 aliphatic carbocycles. The van der Waals surface area contributed by atoms with Crippen LogP contribution in [0.2, 0.25) is 0 Å². The van der Waals surface area contributed by atoms with Crippen LogP contribution in [0.15, 0.2) is 12.1 Å². The molecule has 0 N–H and O–H groups in total. The third-order valence-corrected chi connectivity index (χ3v) is 4.17. The van der Waals surface area contributed by atoms with Crippen LogP contribution in [0, 0.1) is 21.4 Å². The van der Waals surface area contributed by atoms with E-state index in [4.69, 9.17) is 14.7 Å². The van der Waals surface area contributed by atoms with E-state index >= 15 is 0 Å². The topological polar surface area (TPSA) is 102 Å². The molecule has 1 aromatic rings. The van der Waals surface area contributed by atoms with Gasteiger partial charge in [0.2, 0.25) is 0 Å². The van der Waals surface area contributed by atoms with Gasteiger partial charge in [0.05, 0.1) is 13.2 Å². The molecule has 0 radical (unpaired) electrons. The Morgan fingerprint density at radius 1 is 1.19 bits per heavy atom. The first-order valence-electron chi connectivity index (χ1n) is 8.78. The van der Waals surface area contributed by atoms with Gasteiger partial charge >= 0.3 is 12.0 Å². The highest BCUT2D eigenvalue weighted by Crippen LogP contribution is 2.42. The fraction of sp³-hybridized carbons (Fsp3) is 0.600. The Labute approximate surface area is 160 Å². The second kappa shape index (κ2) is 8.38. The van der Waals surface area contributed by atoms with E-state index in [1.54, 1.807) is 19.2 Å².